The van der Waals surface area contributed by atoms with Crippen molar-refractivity contribution in [2.75, 3.05) is 27.9 Å². The van der Waals surface area contributed by atoms with Gasteiger partial charge in [0, 0.05) is 58.5 Å². The van der Waals surface area contributed by atoms with Gasteiger partial charge in [0.15, 0.2) is 5.78 Å². The van der Waals surface area contributed by atoms with Gasteiger partial charge in [-0.05, 0) is 117 Å². The van der Waals surface area contributed by atoms with E-state index >= 15 is 0 Å². The maximum atomic E-state index is 14.5. The summed E-state index contributed by atoms with van der Waals surface area (Å²) in [6.45, 7) is 12.8. The SMILES string of the molecule is COC1CC2CCC(C)C(O)(O2)C(=O)C(=O)N2CCCCC2C(=O)OC(C(C)CC2CCC(n3cnnn3)C(OC)C2)CC(=O)C(C)/C=C(\C)C(O)C(OC)C(=O)C(C)CC(C)/C=C/C=C\C=C\1C. The zero-order valence-corrected chi connectivity index (χ0v) is 42.5. The number of hydrogen-bond acceptors (Lipinski definition) is 15. The molecule has 17 nitrogen and oxygen atoms in total. The number of amides is 1. The zero-order valence-electron chi connectivity index (χ0n) is 42.5. The topological polar surface area (TPSA) is 219 Å². The first-order chi connectivity index (χ1) is 32.8. The third kappa shape index (κ3) is 14.2. The number of aliphatic hydroxyl groups is 2. The van der Waals surface area contributed by atoms with Crippen LogP contribution in [0, 0.1) is 35.5 Å². The van der Waals surface area contributed by atoms with E-state index in [0.29, 0.717) is 56.9 Å². The van der Waals surface area contributed by atoms with E-state index in [2.05, 4.69) is 15.5 Å². The van der Waals surface area contributed by atoms with Crippen LogP contribution in [0.2, 0.25) is 0 Å². The highest BCUT2D eigenvalue weighted by Crippen LogP contribution is 2.39. The number of nitrogens with zero attached hydrogens (tertiary/aromatic N) is 5. The predicted molar refractivity (Wildman–Crippen MR) is 256 cm³/mol. The normalized spacial score (nSPS) is 38.8. The molecule has 1 amide bonds. The van der Waals surface area contributed by atoms with Crippen LogP contribution in [0.15, 0.2) is 53.9 Å². The van der Waals surface area contributed by atoms with Crippen molar-refractivity contribution in [3.05, 3.63) is 53.9 Å². The molecule has 1 aromatic rings. The van der Waals surface area contributed by atoms with E-state index in [1.165, 1.54) is 12.0 Å². The molecule has 1 aliphatic carbocycles. The number of ketones is 3. The molecular formula is C52H79N5O12. The number of methoxy groups -OCH3 is 3. The molecule has 1 aromatic heterocycles. The number of tetrazole rings is 1. The van der Waals surface area contributed by atoms with Crippen molar-refractivity contribution < 1.29 is 57.9 Å². The number of allylic oxidation sites excluding steroid dienone is 6. The predicted octanol–water partition coefficient (Wildman–Crippen LogP) is 6.05. The highest BCUT2D eigenvalue weighted by atomic mass is 16.6. The number of aliphatic hydroxyl groups excluding tert-OH is 1. The van der Waals surface area contributed by atoms with E-state index in [0.717, 1.165) is 18.4 Å². The summed E-state index contributed by atoms with van der Waals surface area (Å²) in [7, 11) is 4.62. The van der Waals surface area contributed by atoms with Crippen molar-refractivity contribution in [1.82, 2.24) is 25.1 Å². The van der Waals surface area contributed by atoms with E-state index < -0.39 is 77.8 Å². The van der Waals surface area contributed by atoms with Gasteiger partial charge in [-0.1, -0.05) is 71.1 Å². The lowest BCUT2D eigenvalue weighted by molar-refractivity contribution is -0.265. The number of fused-ring (bicyclic) bond motifs is 3. The number of cyclic esters (lactones) is 1. The zero-order chi connectivity index (χ0) is 50.6. The quantitative estimate of drug-likeness (QED) is 0.181. The first-order valence-corrected chi connectivity index (χ1v) is 25.0. The Morgan fingerprint density at radius 3 is 2.32 bits per heavy atom. The molecule has 2 saturated heterocycles. The number of carbonyl (C=O) groups is 5. The smallest absolute Gasteiger partial charge is 0.329 e. The fourth-order valence-electron chi connectivity index (χ4n) is 10.7. The van der Waals surface area contributed by atoms with Crippen LogP contribution in [0.3, 0.4) is 0 Å². The fraction of sp³-hybridized carbons (Fsp3) is 0.731. The van der Waals surface area contributed by atoms with Gasteiger partial charge in [-0.3, -0.25) is 19.2 Å². The molecular weight excluding hydrogens is 887 g/mol. The Morgan fingerprint density at radius 2 is 1.64 bits per heavy atom. The summed E-state index contributed by atoms with van der Waals surface area (Å²) < 4.78 is 31.6. The van der Waals surface area contributed by atoms with Gasteiger partial charge in [0.25, 0.3) is 11.7 Å². The molecule has 1 saturated carbocycles. The van der Waals surface area contributed by atoms with Gasteiger partial charge in [-0.25, -0.2) is 9.48 Å². The third-order valence-corrected chi connectivity index (χ3v) is 15.2. The van der Waals surface area contributed by atoms with E-state index in [-0.39, 0.29) is 60.9 Å². The fourth-order valence-corrected chi connectivity index (χ4v) is 10.7. The van der Waals surface area contributed by atoms with Crippen LogP contribution < -0.4 is 0 Å². The molecule has 69 heavy (non-hydrogen) atoms. The summed E-state index contributed by atoms with van der Waals surface area (Å²) in [6.07, 6.45) is 13.9. The first-order valence-electron chi connectivity index (χ1n) is 25.0. The molecule has 384 valence electrons. The van der Waals surface area contributed by atoms with Crippen LogP contribution in [0.25, 0.3) is 0 Å². The molecule has 17 heteroatoms. The number of hydrogen-bond donors (Lipinski definition) is 2. The lowest BCUT2D eigenvalue weighted by Crippen LogP contribution is -2.61. The highest BCUT2D eigenvalue weighted by Gasteiger charge is 2.53. The Bertz CT molecular complexity index is 2020. The molecule has 4 aliphatic rings. The standard InChI is InChI=1S/C52H79N5O12/c1-31-16-12-11-13-17-32(2)43(65-8)28-39-21-19-37(7)52(64,69-39)49(61)50(62)56-23-15-14-18-41(56)51(63)68-44(34(4)26-38-20-22-40(45(27-38)66-9)57-30-53-54-55-57)29-42(58)33(3)25-36(6)47(60)48(67-10)46(59)35(5)24-31/h11-13,16-17,25,30-31,33-35,37-41,43-45,47-48,60,64H,14-15,18-24,26-29H2,1-10H3/b13-11-,16-12+,32-17+,36-25+. The van der Waals surface area contributed by atoms with Crippen molar-refractivity contribution >= 4 is 29.2 Å². The summed E-state index contributed by atoms with van der Waals surface area (Å²) in [4.78, 5) is 72.3. The monoisotopic (exact) mass is 966 g/mol. The van der Waals surface area contributed by atoms with Gasteiger partial charge in [-0.2, -0.15) is 0 Å². The van der Waals surface area contributed by atoms with Crippen molar-refractivity contribution in [1.29, 1.82) is 0 Å². The number of carbonyl (C=O) groups excluding carboxylic acids is 5. The molecule has 15 unspecified atom stereocenters. The summed E-state index contributed by atoms with van der Waals surface area (Å²) in [5.74, 6) is -7.92. The Balaban J connectivity index is 1.46. The van der Waals surface area contributed by atoms with Gasteiger partial charge in [0.2, 0.25) is 5.79 Å². The van der Waals surface area contributed by atoms with Crippen molar-refractivity contribution in [2.45, 2.75) is 180 Å². The minimum absolute atomic E-state index is 0.0170. The number of rotatable bonds is 7. The van der Waals surface area contributed by atoms with E-state index in [4.69, 9.17) is 23.7 Å². The lowest BCUT2D eigenvalue weighted by Gasteiger charge is -2.42. The Hall–Kier alpha value is -4.26. The van der Waals surface area contributed by atoms with Crippen LogP contribution in [0.1, 0.15) is 132 Å². The van der Waals surface area contributed by atoms with Gasteiger partial charge < -0.3 is 38.8 Å². The van der Waals surface area contributed by atoms with Crippen molar-refractivity contribution in [3.8, 4) is 0 Å². The van der Waals surface area contributed by atoms with Crippen LogP contribution >= 0.6 is 0 Å². The summed E-state index contributed by atoms with van der Waals surface area (Å²) in [6, 6.07) is -1.19. The second-order valence-electron chi connectivity index (χ2n) is 20.4. The lowest BCUT2D eigenvalue weighted by atomic mass is 9.77. The average molecular weight is 966 g/mol. The average Bonchev–Trinajstić information content (AvgIpc) is 3.88. The third-order valence-electron chi connectivity index (χ3n) is 15.2. The molecule has 0 spiro atoms. The largest absolute Gasteiger partial charge is 0.460 e. The van der Waals surface area contributed by atoms with Crippen molar-refractivity contribution in [2.24, 2.45) is 35.5 Å². The number of esters is 1. The molecule has 3 fully saturated rings. The second-order valence-corrected chi connectivity index (χ2v) is 20.4. The van der Waals surface area contributed by atoms with Crippen molar-refractivity contribution in [3.63, 3.8) is 0 Å². The number of aromatic nitrogens is 4. The first kappa shape index (κ1) is 55.7. The Morgan fingerprint density at radius 1 is 0.884 bits per heavy atom. The van der Waals surface area contributed by atoms with Crippen LogP contribution in [-0.4, -0.2) is 141 Å². The Kier molecular flexibility index (Phi) is 20.8. The minimum Gasteiger partial charge on any atom is -0.460 e. The molecule has 15 atom stereocenters. The number of ether oxygens (including phenoxy) is 5. The number of Topliss-reactive ketones (excluding diaryl/α,β-unsaturated/α-hetero) is 3. The molecule has 3 aliphatic heterocycles. The molecule has 0 aromatic carbocycles. The van der Waals surface area contributed by atoms with Gasteiger partial charge in [0.05, 0.1) is 24.4 Å². The maximum Gasteiger partial charge on any atom is 0.329 e. The molecule has 0 radical (unpaired) electrons. The molecule has 4 heterocycles. The van der Waals surface area contributed by atoms with E-state index in [9.17, 15) is 34.2 Å². The summed E-state index contributed by atoms with van der Waals surface area (Å²) in [5.41, 5.74) is 1.27. The maximum absolute atomic E-state index is 14.5. The van der Waals surface area contributed by atoms with Crippen LogP contribution in [-0.2, 0) is 47.7 Å². The Labute approximate surface area is 408 Å². The molecule has 2 bridgehead atoms. The van der Waals surface area contributed by atoms with E-state index in [1.54, 1.807) is 52.1 Å². The van der Waals surface area contributed by atoms with Gasteiger partial charge in [0.1, 0.15) is 36.5 Å². The van der Waals surface area contributed by atoms with Crippen LogP contribution in [0.4, 0.5) is 0 Å². The van der Waals surface area contributed by atoms with Crippen LogP contribution in [0.5, 0.6) is 0 Å². The van der Waals surface area contributed by atoms with E-state index in [1.807, 2.05) is 58.1 Å². The van der Waals surface area contributed by atoms with Gasteiger partial charge >= 0.3 is 5.97 Å². The summed E-state index contributed by atoms with van der Waals surface area (Å²) in [5, 5.41) is 35.2. The minimum atomic E-state index is -2.43. The molecule has 5 rings (SSSR count). The molecule has 2 N–H and O–H groups in total. The number of piperidine rings is 1. The second kappa shape index (κ2) is 25.7. The summed E-state index contributed by atoms with van der Waals surface area (Å²) >= 11 is 0. The van der Waals surface area contributed by atoms with Gasteiger partial charge in [-0.15, -0.1) is 5.10 Å². The highest BCUT2D eigenvalue weighted by molar-refractivity contribution is 6.39.